The molecule has 0 radical (unpaired) electrons. The molecule has 1 unspecified atom stereocenters. The van der Waals surface area contributed by atoms with Gasteiger partial charge in [-0.3, -0.25) is 0 Å². The molecule has 0 saturated carbocycles. The fourth-order valence-electron chi connectivity index (χ4n) is 2.80. The van der Waals surface area contributed by atoms with Crippen LogP contribution < -0.4 is 0 Å². The first kappa shape index (κ1) is 19.2. The molecule has 1 aliphatic heterocycles. The summed E-state index contributed by atoms with van der Waals surface area (Å²) in [5, 5.41) is 9.49. The van der Waals surface area contributed by atoms with Crippen molar-refractivity contribution < 1.29 is 27.0 Å². The number of ether oxygens (including phenoxy) is 1. The van der Waals surface area contributed by atoms with Gasteiger partial charge >= 0.3 is 0 Å². The number of hydrogen-bond acceptors (Lipinski definition) is 4. The van der Waals surface area contributed by atoms with Crippen LogP contribution in [0.15, 0.2) is 12.1 Å². The lowest BCUT2D eigenvalue weighted by Gasteiger charge is -2.33. The maximum absolute atomic E-state index is 14.4. The van der Waals surface area contributed by atoms with Crippen LogP contribution in [-0.4, -0.2) is 50.5 Å². The van der Waals surface area contributed by atoms with E-state index >= 15 is 0 Å². The lowest BCUT2D eigenvalue weighted by Crippen LogP contribution is -2.35. The van der Waals surface area contributed by atoms with Gasteiger partial charge < -0.3 is 9.84 Å². The van der Waals surface area contributed by atoms with Gasteiger partial charge in [-0.2, -0.15) is 4.31 Å². The van der Waals surface area contributed by atoms with E-state index in [1.165, 1.54) is 0 Å². The summed E-state index contributed by atoms with van der Waals surface area (Å²) in [7, 11) is -3.51. The normalized spacial score (nSPS) is 17.1. The highest BCUT2D eigenvalue weighted by atomic mass is 32.2. The number of aliphatic hydroxyl groups is 1. The van der Waals surface area contributed by atoms with Crippen molar-refractivity contribution in [1.29, 1.82) is 0 Å². The first-order valence-corrected chi connectivity index (χ1v) is 9.74. The van der Waals surface area contributed by atoms with Crippen LogP contribution in [0.4, 0.5) is 8.78 Å². The monoisotopic (exact) mass is 363 g/mol. The zero-order valence-electron chi connectivity index (χ0n) is 13.8. The molecular weight excluding hydrogens is 340 g/mol. The van der Waals surface area contributed by atoms with Gasteiger partial charge in [0.25, 0.3) is 0 Å². The maximum Gasteiger partial charge on any atom is 0.211 e. The van der Waals surface area contributed by atoms with Gasteiger partial charge in [0.05, 0.1) is 26.1 Å². The molecule has 136 valence electrons. The van der Waals surface area contributed by atoms with Crippen LogP contribution in [0.2, 0.25) is 0 Å². The summed E-state index contributed by atoms with van der Waals surface area (Å²) >= 11 is 0. The Labute approximate surface area is 141 Å². The lowest BCUT2D eigenvalue weighted by atomic mass is 9.84. The van der Waals surface area contributed by atoms with Crippen LogP contribution in [0, 0.1) is 17.6 Å². The van der Waals surface area contributed by atoms with E-state index in [4.69, 9.17) is 4.74 Å². The number of hydrogen-bond donors (Lipinski definition) is 1. The Morgan fingerprint density at radius 1 is 1.33 bits per heavy atom. The van der Waals surface area contributed by atoms with Gasteiger partial charge in [-0.25, -0.2) is 17.2 Å². The van der Waals surface area contributed by atoms with E-state index in [2.05, 4.69) is 0 Å². The molecule has 1 aliphatic rings. The smallest absolute Gasteiger partial charge is 0.211 e. The zero-order chi connectivity index (χ0) is 17.9. The van der Waals surface area contributed by atoms with Gasteiger partial charge in [-0.1, -0.05) is 6.92 Å². The molecule has 2 rings (SSSR count). The molecule has 0 aliphatic carbocycles. The molecule has 1 fully saturated rings. The summed E-state index contributed by atoms with van der Waals surface area (Å²) in [6.07, 6.45) is 1.62. The topological polar surface area (TPSA) is 66.8 Å². The summed E-state index contributed by atoms with van der Waals surface area (Å²) in [6, 6.07) is 2.09. The molecular formula is C16H23F2NO4S. The third-order valence-electron chi connectivity index (χ3n) is 4.28. The van der Waals surface area contributed by atoms with Crippen molar-refractivity contribution in [3.8, 4) is 0 Å². The molecule has 0 amide bonds. The Morgan fingerprint density at radius 3 is 2.46 bits per heavy atom. The van der Waals surface area contributed by atoms with Crippen LogP contribution in [0.25, 0.3) is 0 Å². The van der Waals surface area contributed by atoms with Crippen molar-refractivity contribution in [2.75, 3.05) is 32.6 Å². The Morgan fingerprint density at radius 2 is 2.00 bits per heavy atom. The lowest BCUT2D eigenvalue weighted by molar-refractivity contribution is -0.0532. The van der Waals surface area contributed by atoms with E-state index in [-0.39, 0.29) is 36.7 Å². The fraction of sp³-hybridized carbons (Fsp3) is 0.625. The highest BCUT2D eigenvalue weighted by molar-refractivity contribution is 7.88. The Bertz CT molecular complexity index is 677. The predicted octanol–water partition coefficient (Wildman–Crippen LogP) is 1.86. The van der Waals surface area contributed by atoms with Gasteiger partial charge in [0.15, 0.2) is 0 Å². The second-order valence-electron chi connectivity index (χ2n) is 6.15. The molecule has 0 bridgehead atoms. The minimum Gasteiger partial charge on any atom is -0.396 e. The van der Waals surface area contributed by atoms with Crippen LogP contribution in [0.5, 0.6) is 0 Å². The van der Waals surface area contributed by atoms with Crippen molar-refractivity contribution in [1.82, 2.24) is 4.31 Å². The second-order valence-corrected chi connectivity index (χ2v) is 8.13. The molecule has 5 nitrogen and oxygen atoms in total. The standard InChI is InChI=1S/C16H23F2NO4S/c1-3-4-19(24(2,21)22)7-11-5-16(18)13(6-15(11)17)14(8-20)12-9-23-10-12/h5-6,12,14,20H,3-4,7-10H2,1-2H3. The Balaban J connectivity index is 2.28. The average molecular weight is 363 g/mol. The van der Waals surface area contributed by atoms with Crippen LogP contribution >= 0.6 is 0 Å². The summed E-state index contributed by atoms with van der Waals surface area (Å²) in [4.78, 5) is 0. The second kappa shape index (κ2) is 7.86. The van der Waals surface area contributed by atoms with Gasteiger partial charge in [0.1, 0.15) is 11.6 Å². The number of benzene rings is 1. The van der Waals surface area contributed by atoms with E-state index in [1.54, 1.807) is 0 Å². The Hall–Kier alpha value is -1.09. The van der Waals surface area contributed by atoms with E-state index in [0.29, 0.717) is 19.6 Å². The number of aliphatic hydroxyl groups excluding tert-OH is 1. The fourth-order valence-corrected chi connectivity index (χ4v) is 3.69. The number of halogens is 2. The first-order chi connectivity index (χ1) is 11.3. The highest BCUT2D eigenvalue weighted by Crippen LogP contribution is 2.33. The number of sulfonamides is 1. The van der Waals surface area contributed by atoms with E-state index in [1.807, 2.05) is 6.92 Å². The van der Waals surface area contributed by atoms with Crippen molar-refractivity contribution >= 4 is 10.0 Å². The van der Waals surface area contributed by atoms with Crippen LogP contribution in [0.3, 0.4) is 0 Å². The van der Waals surface area contributed by atoms with E-state index < -0.39 is 27.6 Å². The molecule has 1 atom stereocenters. The minimum atomic E-state index is -3.51. The van der Waals surface area contributed by atoms with E-state index in [9.17, 15) is 22.3 Å². The first-order valence-electron chi connectivity index (χ1n) is 7.89. The molecule has 1 heterocycles. The number of rotatable bonds is 8. The van der Waals surface area contributed by atoms with Gasteiger partial charge in [-0.15, -0.1) is 0 Å². The summed E-state index contributed by atoms with van der Waals surface area (Å²) in [5.74, 6) is -1.87. The molecule has 1 aromatic rings. The van der Waals surface area contributed by atoms with Crippen molar-refractivity contribution in [2.24, 2.45) is 5.92 Å². The summed E-state index contributed by atoms with van der Waals surface area (Å²) < 4.78 is 58.5. The van der Waals surface area contributed by atoms with Crippen LogP contribution in [-0.2, 0) is 21.3 Å². The molecule has 24 heavy (non-hydrogen) atoms. The molecule has 0 spiro atoms. The van der Waals surface area contributed by atoms with Crippen molar-refractivity contribution in [2.45, 2.75) is 25.8 Å². The summed E-state index contributed by atoms with van der Waals surface area (Å²) in [5.41, 5.74) is 0.0881. The average Bonchev–Trinajstić information content (AvgIpc) is 2.44. The number of nitrogens with zero attached hydrogens (tertiary/aromatic N) is 1. The predicted molar refractivity (Wildman–Crippen MR) is 86.0 cm³/mol. The molecule has 1 saturated heterocycles. The molecule has 8 heteroatoms. The molecule has 0 aromatic heterocycles. The quantitative estimate of drug-likeness (QED) is 0.766. The molecule has 1 aromatic carbocycles. The van der Waals surface area contributed by atoms with Gasteiger partial charge in [0.2, 0.25) is 10.0 Å². The zero-order valence-corrected chi connectivity index (χ0v) is 14.7. The SMILES string of the molecule is CCCN(Cc1cc(F)c(C(CO)C2COC2)cc1F)S(C)(=O)=O. The largest absolute Gasteiger partial charge is 0.396 e. The van der Waals surface area contributed by atoms with Gasteiger partial charge in [-0.05, 0) is 24.1 Å². The minimum absolute atomic E-state index is 0.0170. The third-order valence-corrected chi connectivity index (χ3v) is 5.53. The third kappa shape index (κ3) is 4.30. The van der Waals surface area contributed by atoms with Crippen molar-refractivity contribution in [3.05, 3.63) is 34.9 Å². The van der Waals surface area contributed by atoms with Crippen molar-refractivity contribution in [3.63, 3.8) is 0 Å². The van der Waals surface area contributed by atoms with Crippen LogP contribution in [0.1, 0.15) is 30.4 Å². The summed E-state index contributed by atoms with van der Waals surface area (Å²) in [6.45, 7) is 2.35. The van der Waals surface area contributed by atoms with Gasteiger partial charge in [0, 0.05) is 30.5 Å². The maximum atomic E-state index is 14.4. The molecule has 1 N–H and O–H groups in total. The van der Waals surface area contributed by atoms with E-state index in [0.717, 1.165) is 22.7 Å². The Kier molecular flexibility index (Phi) is 6.30. The highest BCUT2D eigenvalue weighted by Gasteiger charge is 2.32.